The summed E-state index contributed by atoms with van der Waals surface area (Å²) in [5, 5.41) is 3.64. The van der Waals surface area contributed by atoms with Crippen molar-refractivity contribution >= 4 is 29.9 Å². The van der Waals surface area contributed by atoms with Gasteiger partial charge in [0.2, 0.25) is 5.89 Å². The van der Waals surface area contributed by atoms with Crippen LogP contribution in [0.2, 0.25) is 0 Å². The van der Waals surface area contributed by atoms with Crippen LogP contribution in [-0.4, -0.2) is 54.0 Å². The number of fused-ring (bicyclic) bond motifs is 1. The molecule has 2 aromatic rings. The van der Waals surface area contributed by atoms with E-state index in [9.17, 15) is 0 Å². The number of aromatic nitrogens is 1. The molecule has 0 unspecified atom stereocenters. The minimum Gasteiger partial charge on any atom is -0.444 e. The molecule has 1 fully saturated rings. The van der Waals surface area contributed by atoms with Crippen LogP contribution in [0, 0.1) is 19.8 Å². The molecule has 0 saturated carbocycles. The zero-order valence-corrected chi connectivity index (χ0v) is 20.7. The molecule has 0 spiro atoms. The normalized spacial score (nSPS) is 18.1. The van der Waals surface area contributed by atoms with Gasteiger partial charge >= 0.3 is 0 Å². The molecular formula is C23H34IN5O. The van der Waals surface area contributed by atoms with Crippen molar-refractivity contribution in [1.29, 1.82) is 0 Å². The van der Waals surface area contributed by atoms with E-state index >= 15 is 0 Å². The SMILES string of the molecule is CN=C(NCC1CCN(Cc2nc(C)c(C)o2)CC1)N1CCc2ccccc2C1.I. The lowest BCUT2D eigenvalue weighted by Gasteiger charge is -2.34. The number of benzene rings is 1. The maximum absolute atomic E-state index is 5.74. The van der Waals surface area contributed by atoms with Crippen molar-refractivity contribution in [2.75, 3.05) is 33.2 Å². The van der Waals surface area contributed by atoms with Crippen LogP contribution in [-0.2, 0) is 19.5 Å². The number of hydrogen-bond donors (Lipinski definition) is 1. The van der Waals surface area contributed by atoms with Crippen molar-refractivity contribution in [3.8, 4) is 0 Å². The molecule has 7 heteroatoms. The highest BCUT2D eigenvalue weighted by atomic mass is 127. The molecule has 2 aliphatic heterocycles. The standard InChI is InChI=1S/C23H33N5O.HI/c1-17-18(2)29-22(26-17)16-27-11-8-19(9-12-27)14-25-23(24-3)28-13-10-20-6-4-5-7-21(20)15-28;/h4-7,19H,8-16H2,1-3H3,(H,24,25);1H. The topological polar surface area (TPSA) is 56.9 Å². The Morgan fingerprint density at radius 1 is 1.17 bits per heavy atom. The Kier molecular flexibility index (Phi) is 8.16. The van der Waals surface area contributed by atoms with Crippen molar-refractivity contribution < 1.29 is 4.42 Å². The van der Waals surface area contributed by atoms with Gasteiger partial charge < -0.3 is 14.6 Å². The first kappa shape index (κ1) is 23.1. The van der Waals surface area contributed by atoms with Crippen LogP contribution in [0.15, 0.2) is 33.7 Å². The lowest BCUT2D eigenvalue weighted by molar-refractivity contribution is 0.163. The summed E-state index contributed by atoms with van der Waals surface area (Å²) in [5.74, 6) is 3.51. The number of nitrogens with zero attached hydrogens (tertiary/aromatic N) is 4. The molecule has 164 valence electrons. The first-order chi connectivity index (χ1) is 14.1. The summed E-state index contributed by atoms with van der Waals surface area (Å²) in [6, 6.07) is 8.75. The summed E-state index contributed by atoms with van der Waals surface area (Å²) in [5.41, 5.74) is 3.90. The van der Waals surface area contributed by atoms with Crippen LogP contribution in [0.25, 0.3) is 0 Å². The zero-order valence-electron chi connectivity index (χ0n) is 18.4. The van der Waals surface area contributed by atoms with Crippen molar-refractivity contribution in [3.63, 3.8) is 0 Å². The highest BCUT2D eigenvalue weighted by Gasteiger charge is 2.23. The number of hydrogen-bond acceptors (Lipinski definition) is 4. The Labute approximate surface area is 197 Å². The molecule has 0 amide bonds. The summed E-state index contributed by atoms with van der Waals surface area (Å²) >= 11 is 0. The van der Waals surface area contributed by atoms with Gasteiger partial charge in [-0.2, -0.15) is 0 Å². The van der Waals surface area contributed by atoms with E-state index in [0.717, 1.165) is 69.0 Å². The highest BCUT2D eigenvalue weighted by molar-refractivity contribution is 14.0. The van der Waals surface area contributed by atoms with Gasteiger partial charge in [0.25, 0.3) is 0 Å². The number of likely N-dealkylation sites (tertiary alicyclic amines) is 1. The third-order valence-electron chi connectivity index (χ3n) is 6.33. The van der Waals surface area contributed by atoms with Crippen LogP contribution >= 0.6 is 24.0 Å². The zero-order chi connectivity index (χ0) is 20.2. The monoisotopic (exact) mass is 523 g/mol. The molecule has 0 atom stereocenters. The van der Waals surface area contributed by atoms with Gasteiger partial charge in [-0.3, -0.25) is 9.89 Å². The molecule has 1 aromatic carbocycles. The van der Waals surface area contributed by atoms with E-state index in [4.69, 9.17) is 4.42 Å². The number of aryl methyl sites for hydroxylation is 2. The Hall–Kier alpha value is -1.61. The fourth-order valence-electron chi connectivity index (χ4n) is 4.39. The van der Waals surface area contributed by atoms with Crippen LogP contribution in [0.5, 0.6) is 0 Å². The van der Waals surface area contributed by atoms with Gasteiger partial charge in [0.15, 0.2) is 5.96 Å². The van der Waals surface area contributed by atoms with Crippen LogP contribution in [0.4, 0.5) is 0 Å². The molecule has 2 aliphatic rings. The number of rotatable bonds is 4. The number of oxazole rings is 1. The second kappa shape index (κ2) is 10.6. The Morgan fingerprint density at radius 3 is 2.57 bits per heavy atom. The van der Waals surface area contributed by atoms with Crippen molar-refractivity contribution in [1.82, 2.24) is 20.1 Å². The molecular weight excluding hydrogens is 489 g/mol. The Balaban J connectivity index is 0.00000256. The second-order valence-electron chi connectivity index (χ2n) is 8.34. The van der Waals surface area contributed by atoms with Crippen LogP contribution in [0.1, 0.15) is 41.3 Å². The van der Waals surface area contributed by atoms with E-state index in [1.807, 2.05) is 20.9 Å². The molecule has 1 aromatic heterocycles. The third kappa shape index (κ3) is 5.55. The fourth-order valence-corrected chi connectivity index (χ4v) is 4.39. The van der Waals surface area contributed by atoms with E-state index in [1.165, 1.54) is 24.0 Å². The lowest BCUT2D eigenvalue weighted by Crippen LogP contribution is -2.46. The molecule has 1 saturated heterocycles. The van der Waals surface area contributed by atoms with E-state index < -0.39 is 0 Å². The van der Waals surface area contributed by atoms with E-state index in [2.05, 4.69) is 49.4 Å². The number of aliphatic imine (C=N–C) groups is 1. The third-order valence-corrected chi connectivity index (χ3v) is 6.33. The number of piperidine rings is 1. The lowest BCUT2D eigenvalue weighted by atomic mass is 9.96. The maximum Gasteiger partial charge on any atom is 0.208 e. The molecule has 4 rings (SSSR count). The number of guanidine groups is 1. The minimum absolute atomic E-state index is 0. The smallest absolute Gasteiger partial charge is 0.208 e. The largest absolute Gasteiger partial charge is 0.444 e. The second-order valence-corrected chi connectivity index (χ2v) is 8.34. The van der Waals surface area contributed by atoms with Gasteiger partial charge in [-0.1, -0.05) is 24.3 Å². The Bertz CT molecular complexity index is 838. The molecule has 1 N–H and O–H groups in total. The average Bonchev–Trinajstić information content (AvgIpc) is 3.06. The fraction of sp³-hybridized carbons (Fsp3) is 0.565. The van der Waals surface area contributed by atoms with Crippen molar-refractivity contribution in [2.24, 2.45) is 10.9 Å². The number of halogens is 1. The van der Waals surface area contributed by atoms with E-state index in [0.29, 0.717) is 5.92 Å². The highest BCUT2D eigenvalue weighted by Crippen LogP contribution is 2.21. The predicted molar refractivity (Wildman–Crippen MR) is 131 cm³/mol. The first-order valence-corrected chi connectivity index (χ1v) is 10.8. The van der Waals surface area contributed by atoms with E-state index in [-0.39, 0.29) is 24.0 Å². The number of nitrogens with one attached hydrogen (secondary N) is 1. The van der Waals surface area contributed by atoms with Crippen molar-refractivity contribution in [3.05, 3.63) is 52.7 Å². The Morgan fingerprint density at radius 2 is 1.90 bits per heavy atom. The van der Waals surface area contributed by atoms with Gasteiger partial charge in [-0.15, -0.1) is 24.0 Å². The van der Waals surface area contributed by atoms with Gasteiger partial charge in [0.1, 0.15) is 5.76 Å². The summed E-state index contributed by atoms with van der Waals surface area (Å²) in [4.78, 5) is 13.9. The van der Waals surface area contributed by atoms with Gasteiger partial charge in [-0.25, -0.2) is 4.98 Å². The summed E-state index contributed by atoms with van der Waals surface area (Å²) in [6.07, 6.45) is 3.49. The molecule has 0 bridgehead atoms. The molecule has 0 aliphatic carbocycles. The summed E-state index contributed by atoms with van der Waals surface area (Å²) in [6.45, 7) is 9.99. The molecule has 6 nitrogen and oxygen atoms in total. The van der Waals surface area contributed by atoms with Crippen molar-refractivity contribution in [2.45, 2.75) is 46.2 Å². The molecule has 0 radical (unpaired) electrons. The van der Waals surface area contributed by atoms with Crippen LogP contribution < -0.4 is 5.32 Å². The first-order valence-electron chi connectivity index (χ1n) is 10.8. The maximum atomic E-state index is 5.74. The van der Waals surface area contributed by atoms with Gasteiger partial charge in [0.05, 0.1) is 12.2 Å². The summed E-state index contributed by atoms with van der Waals surface area (Å²) in [7, 11) is 1.89. The summed E-state index contributed by atoms with van der Waals surface area (Å²) < 4.78 is 5.74. The van der Waals surface area contributed by atoms with E-state index in [1.54, 1.807) is 0 Å². The van der Waals surface area contributed by atoms with Gasteiger partial charge in [-0.05, 0) is 63.2 Å². The minimum atomic E-state index is 0. The predicted octanol–water partition coefficient (Wildman–Crippen LogP) is 3.76. The molecule has 3 heterocycles. The average molecular weight is 523 g/mol. The van der Waals surface area contributed by atoms with Crippen LogP contribution in [0.3, 0.4) is 0 Å². The molecule has 30 heavy (non-hydrogen) atoms. The quantitative estimate of drug-likeness (QED) is 0.376. The van der Waals surface area contributed by atoms with Gasteiger partial charge in [0, 0.05) is 26.7 Å².